The number of anilines is 3. The smallest absolute Gasteiger partial charge is 0.143 e. The molecule has 1 aliphatic heterocycles. The molecule has 1 unspecified atom stereocenters. The Labute approximate surface area is 210 Å². The third-order valence-electron chi connectivity index (χ3n) is 7.44. The molecule has 7 heteroatoms. The number of aromatic nitrogens is 3. The second kappa shape index (κ2) is 10.1. The van der Waals surface area contributed by atoms with Gasteiger partial charge in [0.05, 0.1) is 30.0 Å². The van der Waals surface area contributed by atoms with Gasteiger partial charge in [0.1, 0.15) is 23.6 Å². The molecule has 1 aliphatic carbocycles. The number of hydrogen-bond acceptors (Lipinski definition) is 6. The number of hydrogen-bond donors (Lipinski definition) is 2. The van der Waals surface area contributed by atoms with Crippen molar-refractivity contribution in [1.82, 2.24) is 15.0 Å². The zero-order valence-electron chi connectivity index (χ0n) is 20.4. The Morgan fingerprint density at radius 1 is 1.06 bits per heavy atom. The lowest BCUT2D eigenvalue weighted by Gasteiger charge is -2.30. The van der Waals surface area contributed by atoms with Crippen LogP contribution in [-0.4, -0.2) is 47.0 Å². The quantitative estimate of drug-likeness (QED) is 0.393. The zero-order chi connectivity index (χ0) is 24.3. The molecule has 0 bridgehead atoms. The van der Waals surface area contributed by atoms with Gasteiger partial charge in [0.15, 0.2) is 0 Å². The number of nitrogens with one attached hydrogen (secondary N) is 2. The highest BCUT2D eigenvalue weighted by molar-refractivity contribution is 5.95. The maximum Gasteiger partial charge on any atom is 0.143 e. The molecule has 0 spiro atoms. The molecule has 6 rings (SSSR count). The fraction of sp³-hybridized carbons (Fsp3) is 0.345. The van der Waals surface area contributed by atoms with Gasteiger partial charge in [-0.3, -0.25) is 4.79 Å². The molecule has 1 atom stereocenters. The number of aryl methyl sites for hydroxylation is 2. The summed E-state index contributed by atoms with van der Waals surface area (Å²) in [6, 6.07) is 18.6. The van der Waals surface area contributed by atoms with Crippen molar-refractivity contribution in [2.24, 2.45) is 5.92 Å². The Bertz CT molecular complexity index is 1360. The van der Waals surface area contributed by atoms with E-state index in [1.165, 1.54) is 16.8 Å². The van der Waals surface area contributed by atoms with E-state index in [-0.39, 0.29) is 5.92 Å². The minimum atomic E-state index is 0.0360. The van der Waals surface area contributed by atoms with Gasteiger partial charge in [-0.25, -0.2) is 9.97 Å². The molecule has 2 aliphatic rings. The van der Waals surface area contributed by atoms with Crippen LogP contribution in [0.5, 0.6) is 0 Å². The van der Waals surface area contributed by atoms with Gasteiger partial charge < -0.3 is 19.9 Å². The molecule has 1 fully saturated rings. The highest BCUT2D eigenvalue weighted by Crippen LogP contribution is 2.37. The Morgan fingerprint density at radius 2 is 1.86 bits per heavy atom. The SMILES string of the molecule is O=C(CCc1ccccc1)C1CCc2[nH]c3ncnc(Nc4ccccc4N4CCOCC4)c3c2C1. The van der Waals surface area contributed by atoms with Crippen LogP contribution in [0.3, 0.4) is 0 Å². The predicted molar refractivity (Wildman–Crippen MR) is 142 cm³/mol. The molecule has 36 heavy (non-hydrogen) atoms. The van der Waals surface area contributed by atoms with Crippen LogP contribution < -0.4 is 10.2 Å². The molecule has 2 N–H and O–H groups in total. The van der Waals surface area contributed by atoms with Crippen LogP contribution in [-0.2, 0) is 28.8 Å². The van der Waals surface area contributed by atoms with E-state index in [9.17, 15) is 4.79 Å². The van der Waals surface area contributed by atoms with Crippen LogP contribution >= 0.6 is 0 Å². The van der Waals surface area contributed by atoms with E-state index < -0.39 is 0 Å². The van der Waals surface area contributed by atoms with Crippen molar-refractivity contribution < 1.29 is 9.53 Å². The molecule has 184 valence electrons. The van der Waals surface area contributed by atoms with Crippen molar-refractivity contribution >= 4 is 34.0 Å². The number of benzene rings is 2. The van der Waals surface area contributed by atoms with Crippen LogP contribution in [0.4, 0.5) is 17.2 Å². The zero-order valence-corrected chi connectivity index (χ0v) is 20.4. The number of para-hydroxylation sites is 2. The lowest BCUT2D eigenvalue weighted by atomic mass is 9.82. The predicted octanol–water partition coefficient (Wildman–Crippen LogP) is 4.84. The number of aromatic amines is 1. The normalized spacial score (nSPS) is 17.7. The number of ether oxygens (including phenoxy) is 1. The minimum Gasteiger partial charge on any atom is -0.378 e. The molecule has 0 amide bonds. The Kier molecular flexibility index (Phi) is 6.38. The van der Waals surface area contributed by atoms with Crippen LogP contribution in [0.2, 0.25) is 0 Å². The summed E-state index contributed by atoms with van der Waals surface area (Å²) in [7, 11) is 0. The first-order valence-electron chi connectivity index (χ1n) is 12.9. The Hall–Kier alpha value is -3.71. The molecule has 2 aromatic heterocycles. The lowest BCUT2D eigenvalue weighted by molar-refractivity contribution is -0.123. The number of rotatable bonds is 7. The average Bonchev–Trinajstić information content (AvgIpc) is 3.32. The van der Waals surface area contributed by atoms with Gasteiger partial charge in [-0.15, -0.1) is 0 Å². The number of nitrogens with zero attached hydrogens (tertiary/aromatic N) is 3. The topological polar surface area (TPSA) is 83.1 Å². The van der Waals surface area contributed by atoms with E-state index in [1.54, 1.807) is 6.33 Å². The number of carbonyl (C=O) groups excluding carboxylic acids is 1. The van der Waals surface area contributed by atoms with Gasteiger partial charge in [0.2, 0.25) is 0 Å². The Morgan fingerprint density at radius 3 is 2.72 bits per heavy atom. The number of morpholine rings is 1. The van der Waals surface area contributed by atoms with Crippen LogP contribution in [0.15, 0.2) is 60.9 Å². The van der Waals surface area contributed by atoms with E-state index in [4.69, 9.17) is 4.74 Å². The number of carbonyl (C=O) groups is 1. The summed E-state index contributed by atoms with van der Waals surface area (Å²) in [5.41, 5.74) is 6.57. The van der Waals surface area contributed by atoms with Crippen LogP contribution in [0.1, 0.15) is 29.7 Å². The summed E-state index contributed by atoms with van der Waals surface area (Å²) >= 11 is 0. The van der Waals surface area contributed by atoms with E-state index >= 15 is 0 Å². The minimum absolute atomic E-state index is 0.0360. The van der Waals surface area contributed by atoms with E-state index in [2.05, 4.69) is 55.5 Å². The average molecular weight is 482 g/mol. The number of fused-ring (bicyclic) bond motifs is 3. The number of Topliss-reactive ketones (excluding diaryl/α,β-unsaturated/α-hetero) is 1. The second-order valence-electron chi connectivity index (χ2n) is 9.66. The van der Waals surface area contributed by atoms with Crippen molar-refractivity contribution in [2.75, 3.05) is 36.5 Å². The summed E-state index contributed by atoms with van der Waals surface area (Å²) in [4.78, 5) is 28.2. The molecule has 1 saturated heterocycles. The largest absolute Gasteiger partial charge is 0.378 e. The molecule has 3 heterocycles. The maximum absolute atomic E-state index is 13.2. The summed E-state index contributed by atoms with van der Waals surface area (Å²) in [6.45, 7) is 3.20. The van der Waals surface area contributed by atoms with Gasteiger partial charge >= 0.3 is 0 Å². The lowest BCUT2D eigenvalue weighted by Crippen LogP contribution is -2.36. The summed E-state index contributed by atoms with van der Waals surface area (Å²) in [5.74, 6) is 1.17. The third-order valence-corrected chi connectivity index (χ3v) is 7.44. The Balaban J connectivity index is 1.26. The molecule has 0 radical (unpaired) electrons. The first-order chi connectivity index (χ1) is 17.8. The first kappa shape index (κ1) is 22.7. The van der Waals surface area contributed by atoms with Crippen molar-refractivity contribution in [3.8, 4) is 0 Å². The number of H-pyrrole nitrogens is 1. The second-order valence-corrected chi connectivity index (χ2v) is 9.66. The van der Waals surface area contributed by atoms with E-state index in [0.717, 1.165) is 80.2 Å². The molecular weight excluding hydrogens is 450 g/mol. The van der Waals surface area contributed by atoms with Crippen molar-refractivity contribution in [1.29, 1.82) is 0 Å². The van der Waals surface area contributed by atoms with Gasteiger partial charge in [0, 0.05) is 31.1 Å². The molecule has 7 nitrogen and oxygen atoms in total. The van der Waals surface area contributed by atoms with Gasteiger partial charge in [-0.1, -0.05) is 42.5 Å². The van der Waals surface area contributed by atoms with Gasteiger partial charge in [0.25, 0.3) is 0 Å². The highest BCUT2D eigenvalue weighted by atomic mass is 16.5. The summed E-state index contributed by atoms with van der Waals surface area (Å²) in [5, 5.41) is 4.61. The van der Waals surface area contributed by atoms with E-state index in [1.807, 2.05) is 24.3 Å². The standard InChI is InChI=1S/C29H31N5O2/c35-26(13-10-20-6-2-1-3-7-20)21-11-12-23-22(18-21)27-28(32-23)30-19-31-29(27)33-24-8-4-5-9-25(24)34-14-16-36-17-15-34/h1-9,19,21H,10-18H2,(H2,30,31,32,33). The summed E-state index contributed by atoms with van der Waals surface area (Å²) < 4.78 is 5.55. The maximum atomic E-state index is 13.2. The monoisotopic (exact) mass is 481 g/mol. The fourth-order valence-electron chi connectivity index (χ4n) is 5.51. The highest BCUT2D eigenvalue weighted by Gasteiger charge is 2.29. The first-order valence-corrected chi connectivity index (χ1v) is 12.9. The van der Waals surface area contributed by atoms with Crippen molar-refractivity contribution in [3.63, 3.8) is 0 Å². The van der Waals surface area contributed by atoms with Crippen molar-refractivity contribution in [2.45, 2.75) is 32.1 Å². The van der Waals surface area contributed by atoms with Crippen molar-refractivity contribution in [3.05, 3.63) is 77.7 Å². The molecule has 4 aromatic rings. The summed E-state index contributed by atoms with van der Waals surface area (Å²) in [6.07, 6.45) is 5.45. The molecular formula is C29H31N5O2. The molecule has 2 aromatic carbocycles. The fourth-order valence-corrected chi connectivity index (χ4v) is 5.51. The number of ketones is 1. The third kappa shape index (κ3) is 4.58. The molecule has 0 saturated carbocycles. The van der Waals surface area contributed by atoms with E-state index in [0.29, 0.717) is 12.2 Å². The van der Waals surface area contributed by atoms with Gasteiger partial charge in [-0.05, 0) is 48.9 Å². The van der Waals surface area contributed by atoms with Gasteiger partial charge in [-0.2, -0.15) is 0 Å². The van der Waals surface area contributed by atoms with Crippen LogP contribution in [0.25, 0.3) is 11.0 Å². The van der Waals surface area contributed by atoms with Crippen LogP contribution in [0, 0.1) is 5.92 Å².